The van der Waals surface area contributed by atoms with Gasteiger partial charge in [0.05, 0.1) is 10.9 Å². The maximum atomic E-state index is 12.8. The van der Waals surface area contributed by atoms with E-state index in [1.807, 2.05) is 31.2 Å². The number of para-hydroxylation sites is 1. The highest BCUT2D eigenvalue weighted by molar-refractivity contribution is 5.81. The molecule has 0 unspecified atom stereocenters. The normalized spacial score (nSPS) is 10.8. The summed E-state index contributed by atoms with van der Waals surface area (Å²) >= 11 is 0. The van der Waals surface area contributed by atoms with Crippen molar-refractivity contribution in [2.75, 3.05) is 0 Å². The highest BCUT2D eigenvalue weighted by Gasteiger charge is 2.14. The van der Waals surface area contributed by atoms with Crippen molar-refractivity contribution >= 4 is 22.7 Å². The van der Waals surface area contributed by atoms with Gasteiger partial charge in [-0.2, -0.15) is 0 Å². The maximum Gasteiger partial charge on any atom is 0.331 e. The third-order valence-electron chi connectivity index (χ3n) is 4.84. The molecule has 0 aliphatic rings. The summed E-state index contributed by atoms with van der Waals surface area (Å²) in [7, 11) is 0. The minimum Gasteiger partial charge on any atom is -0.368 e. The zero-order valence-electron chi connectivity index (χ0n) is 16.8. The average Bonchev–Trinajstić information content (AvgIpc) is 2.73. The summed E-state index contributed by atoms with van der Waals surface area (Å²) in [5.41, 5.74) is 6.70. The summed E-state index contributed by atoms with van der Waals surface area (Å²) in [6.07, 6.45) is 0.476. The maximum absolute atomic E-state index is 12.8. The summed E-state index contributed by atoms with van der Waals surface area (Å²) in [4.78, 5) is 49.0. The van der Waals surface area contributed by atoms with Gasteiger partial charge in [-0.15, -0.1) is 0 Å². The van der Waals surface area contributed by atoms with E-state index in [9.17, 15) is 19.2 Å². The fourth-order valence-electron chi connectivity index (χ4n) is 3.27. The Bertz CT molecular complexity index is 1190. The first-order valence-corrected chi connectivity index (χ1v) is 9.69. The van der Waals surface area contributed by atoms with Gasteiger partial charge in [0.2, 0.25) is 11.8 Å². The third kappa shape index (κ3) is 4.83. The number of nitrogens with two attached hydrogens (primary N) is 1. The topological polar surface area (TPSA) is 116 Å². The van der Waals surface area contributed by atoms with Gasteiger partial charge >= 0.3 is 5.69 Å². The van der Waals surface area contributed by atoms with Crippen LogP contribution < -0.4 is 22.3 Å². The van der Waals surface area contributed by atoms with Gasteiger partial charge in [0.1, 0.15) is 6.54 Å². The predicted molar refractivity (Wildman–Crippen MR) is 114 cm³/mol. The van der Waals surface area contributed by atoms with Crippen molar-refractivity contribution in [2.24, 2.45) is 5.73 Å². The van der Waals surface area contributed by atoms with Crippen LogP contribution in [0.4, 0.5) is 0 Å². The second-order valence-corrected chi connectivity index (χ2v) is 7.17. The number of hydrogen-bond donors (Lipinski definition) is 2. The predicted octanol–water partition coefficient (Wildman–Crippen LogP) is 1.05. The Balaban J connectivity index is 1.70. The first-order valence-electron chi connectivity index (χ1n) is 9.69. The van der Waals surface area contributed by atoms with Gasteiger partial charge in [0.25, 0.3) is 5.56 Å². The molecule has 8 nitrogen and oxygen atoms in total. The quantitative estimate of drug-likeness (QED) is 0.579. The Labute approximate surface area is 172 Å². The van der Waals surface area contributed by atoms with Crippen molar-refractivity contribution in [1.29, 1.82) is 0 Å². The van der Waals surface area contributed by atoms with Crippen LogP contribution in [0.1, 0.15) is 24.0 Å². The van der Waals surface area contributed by atoms with Crippen LogP contribution in [0.15, 0.2) is 58.1 Å². The van der Waals surface area contributed by atoms with Gasteiger partial charge < -0.3 is 11.1 Å². The molecule has 2 aromatic carbocycles. The highest BCUT2D eigenvalue weighted by Crippen LogP contribution is 2.08. The molecule has 0 spiro atoms. The number of amides is 2. The number of carbonyl (C=O) groups is 2. The Morgan fingerprint density at radius 1 is 1.00 bits per heavy atom. The van der Waals surface area contributed by atoms with E-state index in [1.54, 1.807) is 24.3 Å². The standard InChI is InChI=1S/C22H24N4O4/c1-15-8-10-16(11-9-15)13-24-20(28)7-4-12-25-21(29)17-5-2-3-6-18(17)26(22(25)30)14-19(23)27/h2-3,5-6,8-11H,4,7,12-14H2,1H3,(H2,23,27)(H,24,28). The lowest BCUT2D eigenvalue weighted by molar-refractivity contribution is -0.121. The minimum absolute atomic E-state index is 0.0687. The molecule has 3 aromatic rings. The largest absolute Gasteiger partial charge is 0.368 e. The van der Waals surface area contributed by atoms with E-state index in [0.717, 1.165) is 15.7 Å². The molecule has 0 aliphatic carbocycles. The first-order chi connectivity index (χ1) is 14.4. The Morgan fingerprint density at radius 2 is 1.70 bits per heavy atom. The van der Waals surface area contributed by atoms with Crippen molar-refractivity contribution in [3.63, 3.8) is 0 Å². The van der Waals surface area contributed by atoms with Gasteiger partial charge in [0, 0.05) is 19.5 Å². The number of primary amides is 1. The summed E-state index contributed by atoms with van der Waals surface area (Å²) in [6.45, 7) is 2.16. The lowest BCUT2D eigenvalue weighted by Gasteiger charge is -2.13. The van der Waals surface area contributed by atoms with E-state index >= 15 is 0 Å². The molecular weight excluding hydrogens is 384 g/mol. The SMILES string of the molecule is Cc1ccc(CNC(=O)CCCn2c(=O)c3ccccc3n(CC(N)=O)c2=O)cc1. The molecule has 0 aliphatic heterocycles. The first kappa shape index (κ1) is 21.0. The molecule has 3 rings (SSSR count). The number of carbonyl (C=O) groups excluding carboxylic acids is 2. The van der Waals surface area contributed by atoms with Crippen LogP contribution in [0.2, 0.25) is 0 Å². The number of nitrogens with zero attached hydrogens (tertiary/aromatic N) is 2. The molecule has 0 fully saturated rings. The van der Waals surface area contributed by atoms with E-state index in [1.165, 1.54) is 4.57 Å². The van der Waals surface area contributed by atoms with Gasteiger partial charge in [-0.1, -0.05) is 42.0 Å². The lowest BCUT2D eigenvalue weighted by Crippen LogP contribution is -2.42. The van der Waals surface area contributed by atoms with Crippen molar-refractivity contribution in [3.05, 3.63) is 80.5 Å². The molecule has 0 atom stereocenters. The van der Waals surface area contributed by atoms with Gasteiger partial charge in [-0.3, -0.25) is 23.5 Å². The van der Waals surface area contributed by atoms with Crippen molar-refractivity contribution in [2.45, 2.75) is 39.4 Å². The minimum atomic E-state index is -0.678. The number of benzene rings is 2. The molecule has 2 amide bonds. The summed E-state index contributed by atoms with van der Waals surface area (Å²) in [6, 6.07) is 14.4. The fourth-order valence-corrected chi connectivity index (χ4v) is 3.27. The second-order valence-electron chi connectivity index (χ2n) is 7.17. The summed E-state index contributed by atoms with van der Waals surface area (Å²) in [5.74, 6) is -0.843. The molecule has 0 saturated carbocycles. The smallest absolute Gasteiger partial charge is 0.331 e. The van der Waals surface area contributed by atoms with Gasteiger partial charge in [-0.05, 0) is 31.0 Å². The number of hydrogen-bond acceptors (Lipinski definition) is 4. The molecule has 1 aromatic heterocycles. The molecular formula is C22H24N4O4. The summed E-state index contributed by atoms with van der Waals surface area (Å²) < 4.78 is 2.25. The van der Waals surface area contributed by atoms with Crippen LogP contribution in [-0.4, -0.2) is 20.9 Å². The third-order valence-corrected chi connectivity index (χ3v) is 4.84. The molecule has 0 radical (unpaired) electrons. The zero-order chi connectivity index (χ0) is 21.7. The average molecular weight is 408 g/mol. The number of rotatable bonds is 8. The van der Waals surface area contributed by atoms with E-state index in [-0.39, 0.29) is 25.4 Å². The monoisotopic (exact) mass is 408 g/mol. The summed E-state index contributed by atoms with van der Waals surface area (Å²) in [5, 5.41) is 3.15. The molecule has 1 heterocycles. The molecule has 0 saturated heterocycles. The van der Waals surface area contributed by atoms with Crippen molar-refractivity contribution in [1.82, 2.24) is 14.5 Å². The molecule has 30 heavy (non-hydrogen) atoms. The van der Waals surface area contributed by atoms with Crippen LogP contribution >= 0.6 is 0 Å². The van der Waals surface area contributed by atoms with Crippen LogP contribution in [-0.2, 0) is 29.2 Å². The molecule has 3 N–H and O–H groups in total. The van der Waals surface area contributed by atoms with Crippen molar-refractivity contribution in [3.8, 4) is 0 Å². The van der Waals surface area contributed by atoms with E-state index < -0.39 is 17.2 Å². The van der Waals surface area contributed by atoms with Crippen LogP contribution in [0.3, 0.4) is 0 Å². The number of fused-ring (bicyclic) bond motifs is 1. The van der Waals surface area contributed by atoms with E-state index in [2.05, 4.69) is 5.32 Å². The van der Waals surface area contributed by atoms with E-state index in [0.29, 0.717) is 23.9 Å². The lowest BCUT2D eigenvalue weighted by atomic mass is 10.1. The van der Waals surface area contributed by atoms with Gasteiger partial charge in [-0.25, -0.2) is 4.79 Å². The molecule has 0 bridgehead atoms. The van der Waals surface area contributed by atoms with Crippen LogP contribution in [0, 0.1) is 6.92 Å². The van der Waals surface area contributed by atoms with E-state index in [4.69, 9.17) is 5.73 Å². The Hall–Kier alpha value is -3.68. The van der Waals surface area contributed by atoms with Crippen molar-refractivity contribution < 1.29 is 9.59 Å². The fraction of sp³-hybridized carbons (Fsp3) is 0.273. The Kier molecular flexibility index (Phi) is 6.46. The zero-order valence-corrected chi connectivity index (χ0v) is 16.8. The number of nitrogens with one attached hydrogen (secondary N) is 1. The van der Waals surface area contributed by atoms with Crippen LogP contribution in [0.5, 0.6) is 0 Å². The number of aryl methyl sites for hydroxylation is 1. The highest BCUT2D eigenvalue weighted by atomic mass is 16.2. The Morgan fingerprint density at radius 3 is 2.40 bits per heavy atom. The van der Waals surface area contributed by atoms with Crippen LogP contribution in [0.25, 0.3) is 10.9 Å². The molecule has 156 valence electrons. The van der Waals surface area contributed by atoms with Gasteiger partial charge in [0.15, 0.2) is 0 Å². The second kappa shape index (κ2) is 9.21. The number of aromatic nitrogens is 2. The molecule has 8 heteroatoms.